The lowest BCUT2D eigenvalue weighted by Crippen LogP contribution is -2.42. The van der Waals surface area contributed by atoms with E-state index < -0.39 is 24.1 Å². The minimum Gasteiger partial charge on any atom is -0.481 e. The number of carboxylic acid groups (broad SMARTS) is 1. The van der Waals surface area contributed by atoms with Crippen LogP contribution in [0.25, 0.3) is 0 Å². The molecule has 0 unspecified atom stereocenters. The van der Waals surface area contributed by atoms with E-state index in [1.54, 1.807) is 13.0 Å². The summed E-state index contributed by atoms with van der Waals surface area (Å²) < 4.78 is 0. The first kappa shape index (κ1) is 9.22. The highest BCUT2D eigenvalue weighted by Gasteiger charge is 2.37. The number of aliphatic hydroxyl groups is 2. The van der Waals surface area contributed by atoms with Crippen LogP contribution in [0, 0.1) is 11.8 Å². The van der Waals surface area contributed by atoms with Gasteiger partial charge in [-0.2, -0.15) is 0 Å². The second kappa shape index (κ2) is 3.25. The van der Waals surface area contributed by atoms with Crippen LogP contribution in [0.3, 0.4) is 0 Å². The maximum absolute atomic E-state index is 10.6. The van der Waals surface area contributed by atoms with Crippen molar-refractivity contribution in [1.29, 1.82) is 0 Å². The van der Waals surface area contributed by atoms with E-state index in [2.05, 4.69) is 0 Å². The monoisotopic (exact) mass is 172 g/mol. The molecule has 4 nitrogen and oxygen atoms in total. The zero-order valence-electron chi connectivity index (χ0n) is 6.71. The Kier molecular flexibility index (Phi) is 2.49. The summed E-state index contributed by atoms with van der Waals surface area (Å²) in [5, 5.41) is 27.1. The number of hydrogen-bond acceptors (Lipinski definition) is 3. The van der Waals surface area contributed by atoms with Gasteiger partial charge in [-0.3, -0.25) is 4.79 Å². The third-order valence-corrected chi connectivity index (χ3v) is 2.18. The molecule has 1 aliphatic rings. The van der Waals surface area contributed by atoms with Gasteiger partial charge in [0.15, 0.2) is 0 Å². The smallest absolute Gasteiger partial charge is 0.309 e. The van der Waals surface area contributed by atoms with E-state index in [4.69, 9.17) is 10.2 Å². The number of allylic oxidation sites excluding steroid dienone is 1. The fourth-order valence-corrected chi connectivity index (χ4v) is 1.42. The minimum atomic E-state index is -1.19. The van der Waals surface area contributed by atoms with Crippen LogP contribution in [0.15, 0.2) is 12.2 Å². The molecule has 0 aromatic heterocycles. The zero-order valence-corrected chi connectivity index (χ0v) is 6.71. The maximum Gasteiger partial charge on any atom is 0.309 e. The number of aliphatic hydroxyl groups excluding tert-OH is 2. The van der Waals surface area contributed by atoms with Crippen LogP contribution in [0.4, 0.5) is 0 Å². The second-order valence-corrected chi connectivity index (χ2v) is 3.09. The number of carbonyl (C=O) groups is 1. The van der Waals surface area contributed by atoms with Gasteiger partial charge in [0.05, 0.1) is 18.1 Å². The number of aliphatic carboxylic acids is 1. The van der Waals surface area contributed by atoms with Crippen molar-refractivity contribution < 1.29 is 20.1 Å². The molecule has 4 atom stereocenters. The van der Waals surface area contributed by atoms with Gasteiger partial charge in [0.2, 0.25) is 0 Å². The highest BCUT2D eigenvalue weighted by atomic mass is 16.4. The Morgan fingerprint density at radius 2 is 1.92 bits per heavy atom. The second-order valence-electron chi connectivity index (χ2n) is 3.09. The van der Waals surface area contributed by atoms with Crippen molar-refractivity contribution in [2.75, 3.05) is 0 Å². The van der Waals surface area contributed by atoms with Gasteiger partial charge in [-0.15, -0.1) is 0 Å². The molecule has 4 heteroatoms. The average Bonchev–Trinajstić information content (AvgIpc) is 1.97. The SMILES string of the molecule is C[C@@H]1C=C[C@H](O)[C@H](O)[C@H]1C(=O)O. The molecule has 0 heterocycles. The standard InChI is InChI=1S/C8H12O4/c1-4-2-3-5(9)7(10)6(4)8(11)12/h2-7,9-10H,1H3,(H,11,12)/t4-,5+,6+,7+/m1/s1. The van der Waals surface area contributed by atoms with Crippen molar-refractivity contribution in [2.45, 2.75) is 19.1 Å². The first-order valence-corrected chi connectivity index (χ1v) is 3.81. The molecule has 0 saturated heterocycles. The molecule has 0 bridgehead atoms. The third kappa shape index (κ3) is 1.49. The van der Waals surface area contributed by atoms with Crippen molar-refractivity contribution >= 4 is 5.97 Å². The van der Waals surface area contributed by atoms with Gasteiger partial charge in [0.25, 0.3) is 0 Å². The van der Waals surface area contributed by atoms with Crippen molar-refractivity contribution in [3.8, 4) is 0 Å². The lowest BCUT2D eigenvalue weighted by molar-refractivity contribution is -0.150. The quantitative estimate of drug-likeness (QED) is 0.471. The van der Waals surface area contributed by atoms with Gasteiger partial charge in [-0.25, -0.2) is 0 Å². The van der Waals surface area contributed by atoms with Crippen molar-refractivity contribution in [2.24, 2.45) is 11.8 Å². The predicted molar refractivity (Wildman–Crippen MR) is 41.4 cm³/mol. The molecular formula is C8H12O4. The molecule has 0 aromatic rings. The van der Waals surface area contributed by atoms with Gasteiger partial charge in [-0.1, -0.05) is 19.1 Å². The molecule has 0 fully saturated rings. The summed E-state index contributed by atoms with van der Waals surface area (Å²) in [4.78, 5) is 10.6. The van der Waals surface area contributed by atoms with Crippen LogP contribution < -0.4 is 0 Å². The molecule has 1 rings (SSSR count). The minimum absolute atomic E-state index is 0.235. The van der Waals surface area contributed by atoms with Gasteiger partial charge in [0, 0.05) is 0 Å². The molecule has 3 N–H and O–H groups in total. The molecule has 12 heavy (non-hydrogen) atoms. The van der Waals surface area contributed by atoms with Gasteiger partial charge in [0.1, 0.15) is 0 Å². The Morgan fingerprint density at radius 1 is 1.33 bits per heavy atom. The first-order valence-electron chi connectivity index (χ1n) is 3.81. The molecule has 0 aromatic carbocycles. The number of carboxylic acids is 1. The van der Waals surface area contributed by atoms with Gasteiger partial charge in [-0.05, 0) is 5.92 Å². The van der Waals surface area contributed by atoms with E-state index in [1.807, 2.05) is 0 Å². The van der Waals surface area contributed by atoms with E-state index in [0.29, 0.717) is 0 Å². The van der Waals surface area contributed by atoms with Crippen LogP contribution in [0.2, 0.25) is 0 Å². The van der Waals surface area contributed by atoms with Gasteiger partial charge < -0.3 is 15.3 Å². The summed E-state index contributed by atoms with van der Waals surface area (Å²) in [6, 6.07) is 0. The lowest BCUT2D eigenvalue weighted by atomic mass is 9.82. The number of hydrogen-bond donors (Lipinski definition) is 3. The average molecular weight is 172 g/mol. The van der Waals surface area contributed by atoms with E-state index in [9.17, 15) is 9.90 Å². The normalized spacial score (nSPS) is 41.2. The van der Waals surface area contributed by atoms with Crippen LogP contribution in [0.5, 0.6) is 0 Å². The Morgan fingerprint density at radius 3 is 2.33 bits per heavy atom. The zero-order chi connectivity index (χ0) is 9.30. The topological polar surface area (TPSA) is 77.8 Å². The van der Waals surface area contributed by atoms with E-state index in [-0.39, 0.29) is 5.92 Å². The lowest BCUT2D eigenvalue weighted by Gasteiger charge is -2.29. The highest BCUT2D eigenvalue weighted by Crippen LogP contribution is 2.25. The Balaban J connectivity index is 2.84. The predicted octanol–water partition coefficient (Wildman–Crippen LogP) is -0.385. The molecule has 0 radical (unpaired) electrons. The molecule has 0 saturated carbocycles. The van der Waals surface area contributed by atoms with E-state index in [0.717, 1.165) is 0 Å². The first-order chi connectivity index (χ1) is 5.54. The molecule has 0 aliphatic heterocycles. The summed E-state index contributed by atoms with van der Waals surface area (Å²) in [6.07, 6.45) is 0.787. The van der Waals surface area contributed by atoms with Crippen molar-refractivity contribution in [3.63, 3.8) is 0 Å². The number of rotatable bonds is 1. The maximum atomic E-state index is 10.6. The molecule has 1 aliphatic carbocycles. The Labute approximate surface area is 70.1 Å². The van der Waals surface area contributed by atoms with Crippen LogP contribution in [-0.4, -0.2) is 33.5 Å². The summed E-state index contributed by atoms with van der Waals surface area (Å²) in [7, 11) is 0. The third-order valence-electron chi connectivity index (χ3n) is 2.18. The van der Waals surface area contributed by atoms with Crippen molar-refractivity contribution in [3.05, 3.63) is 12.2 Å². The van der Waals surface area contributed by atoms with Crippen LogP contribution >= 0.6 is 0 Å². The molecular weight excluding hydrogens is 160 g/mol. The largest absolute Gasteiger partial charge is 0.481 e. The fourth-order valence-electron chi connectivity index (χ4n) is 1.42. The van der Waals surface area contributed by atoms with E-state index in [1.165, 1.54) is 6.08 Å². The van der Waals surface area contributed by atoms with Crippen LogP contribution in [0.1, 0.15) is 6.92 Å². The molecule has 0 spiro atoms. The van der Waals surface area contributed by atoms with Crippen LogP contribution in [-0.2, 0) is 4.79 Å². The highest BCUT2D eigenvalue weighted by molar-refractivity contribution is 5.71. The summed E-state index contributed by atoms with van der Waals surface area (Å²) in [6.45, 7) is 1.70. The Bertz CT molecular complexity index is 211. The van der Waals surface area contributed by atoms with E-state index >= 15 is 0 Å². The Hall–Kier alpha value is -0.870. The van der Waals surface area contributed by atoms with Crippen molar-refractivity contribution in [1.82, 2.24) is 0 Å². The summed E-state index contributed by atoms with van der Waals surface area (Å²) in [5.41, 5.74) is 0. The molecule has 68 valence electrons. The summed E-state index contributed by atoms with van der Waals surface area (Å²) >= 11 is 0. The van der Waals surface area contributed by atoms with Gasteiger partial charge >= 0.3 is 5.97 Å². The molecule has 0 amide bonds. The summed E-state index contributed by atoms with van der Waals surface area (Å²) in [5.74, 6) is -2.20. The fraction of sp³-hybridized carbons (Fsp3) is 0.625.